The number of hydrogen-bond acceptors (Lipinski definition) is 1. The topological polar surface area (TPSA) is 9.23 Å². The Morgan fingerprint density at radius 2 is 2.33 bits per heavy atom. The molecule has 0 radical (unpaired) electrons. The van der Waals surface area contributed by atoms with Crippen LogP contribution in [0.5, 0.6) is 5.75 Å². The first-order chi connectivity index (χ1) is 5.90. The van der Waals surface area contributed by atoms with E-state index in [-0.39, 0.29) is 0 Å². The van der Waals surface area contributed by atoms with Crippen molar-refractivity contribution < 1.29 is 4.74 Å². The van der Waals surface area contributed by atoms with Gasteiger partial charge < -0.3 is 4.74 Å². The van der Waals surface area contributed by atoms with Gasteiger partial charge in [-0.2, -0.15) is 0 Å². The fraction of sp³-hybridized carbons (Fsp3) is 0.200. The first-order valence-electron chi connectivity index (χ1n) is 3.88. The Morgan fingerprint density at radius 1 is 1.42 bits per heavy atom. The van der Waals surface area contributed by atoms with E-state index in [1.165, 1.54) is 11.1 Å². The lowest BCUT2D eigenvalue weighted by Gasteiger charge is -2.12. The average Bonchev–Trinajstić information content (AvgIpc) is 2.17. The van der Waals surface area contributed by atoms with Crippen LogP contribution in [0.15, 0.2) is 24.3 Å². The largest absolute Gasteiger partial charge is 0.489 e. The summed E-state index contributed by atoms with van der Waals surface area (Å²) in [6, 6.07) is 6.34. The van der Waals surface area contributed by atoms with Gasteiger partial charge in [0.05, 0.1) is 0 Å². The predicted molar refractivity (Wildman–Crippen MR) is 58.7 cm³/mol. The summed E-state index contributed by atoms with van der Waals surface area (Å²) < 4.78 is 6.49. The van der Waals surface area contributed by atoms with E-state index in [2.05, 4.69) is 40.8 Å². The van der Waals surface area contributed by atoms with Crippen LogP contribution in [0.2, 0.25) is 0 Å². The van der Waals surface area contributed by atoms with Gasteiger partial charge in [-0.1, -0.05) is 34.7 Å². The number of benzene rings is 1. The van der Waals surface area contributed by atoms with E-state index in [4.69, 9.17) is 4.74 Å². The smallest absolute Gasteiger partial charge is 0.127 e. The molecule has 1 aromatic carbocycles. The number of halogens is 1. The van der Waals surface area contributed by atoms with Crippen LogP contribution in [0, 0.1) is 0 Å². The van der Waals surface area contributed by atoms with Crippen LogP contribution in [-0.2, 0) is 4.43 Å². The summed E-state index contributed by atoms with van der Waals surface area (Å²) >= 11 is 2.36. The van der Waals surface area contributed by atoms with Crippen LogP contribution in [0.3, 0.4) is 0 Å². The number of hydrogen-bond donors (Lipinski definition) is 0. The molecule has 0 saturated carbocycles. The summed E-state index contributed by atoms with van der Waals surface area (Å²) in [6.45, 7) is 0.705. The molecule has 1 nitrogen and oxygen atoms in total. The maximum Gasteiger partial charge on any atom is 0.127 e. The lowest BCUT2D eigenvalue weighted by Crippen LogP contribution is -2.00. The third kappa shape index (κ3) is 1.48. The molecule has 62 valence electrons. The molecule has 0 atom stereocenters. The number of fused-ring (bicyclic) bond motifs is 1. The lowest BCUT2D eigenvalue weighted by molar-refractivity contribution is 0.358. The maximum absolute atomic E-state index is 5.43. The summed E-state index contributed by atoms with van der Waals surface area (Å²) in [5, 5.41) is 0. The zero-order chi connectivity index (χ0) is 8.39. The van der Waals surface area contributed by atoms with Gasteiger partial charge in [0.15, 0.2) is 0 Å². The molecule has 2 heteroatoms. The van der Waals surface area contributed by atoms with E-state index in [0.29, 0.717) is 6.61 Å². The summed E-state index contributed by atoms with van der Waals surface area (Å²) in [5.41, 5.74) is 2.56. The molecule has 1 aromatic rings. The van der Waals surface area contributed by atoms with Gasteiger partial charge in [-0.15, -0.1) is 0 Å². The van der Waals surface area contributed by atoms with E-state index in [9.17, 15) is 0 Å². The second-order valence-corrected chi connectivity index (χ2v) is 3.48. The molecule has 0 aliphatic carbocycles. The number of ether oxygens (including phenoxy) is 1. The molecule has 0 N–H and O–H groups in total. The maximum atomic E-state index is 5.43. The summed E-state index contributed by atoms with van der Waals surface area (Å²) in [4.78, 5) is 0. The molecule has 0 spiro atoms. The fourth-order valence-corrected chi connectivity index (χ4v) is 1.73. The number of alkyl halides is 1. The summed E-state index contributed by atoms with van der Waals surface area (Å²) in [5.74, 6) is 1.01. The first-order valence-corrected chi connectivity index (χ1v) is 5.41. The van der Waals surface area contributed by atoms with Crippen molar-refractivity contribution >= 4 is 28.7 Å². The normalized spacial score (nSPS) is 13.8. The van der Waals surface area contributed by atoms with Gasteiger partial charge >= 0.3 is 0 Å². The van der Waals surface area contributed by atoms with Crippen molar-refractivity contribution in [1.29, 1.82) is 0 Å². The molecule has 0 fully saturated rings. The summed E-state index contributed by atoms with van der Waals surface area (Å²) in [6.07, 6.45) is 4.16. The van der Waals surface area contributed by atoms with Crippen LogP contribution >= 0.6 is 22.6 Å². The standard InChI is InChI=1S/C10H9IO/c11-7-8-3-4-10-9(6-8)2-1-5-12-10/h1-4,6H,5,7H2. The van der Waals surface area contributed by atoms with Gasteiger partial charge in [0.2, 0.25) is 0 Å². The number of rotatable bonds is 1. The molecule has 0 unspecified atom stereocenters. The quantitative estimate of drug-likeness (QED) is 0.564. The van der Waals surface area contributed by atoms with Gasteiger partial charge in [0.1, 0.15) is 12.4 Å². The van der Waals surface area contributed by atoms with E-state index < -0.39 is 0 Å². The molecule has 0 aromatic heterocycles. The van der Waals surface area contributed by atoms with Crippen LogP contribution in [0.25, 0.3) is 6.08 Å². The third-order valence-electron chi connectivity index (χ3n) is 1.86. The lowest BCUT2D eigenvalue weighted by atomic mass is 10.1. The zero-order valence-corrected chi connectivity index (χ0v) is 8.74. The van der Waals surface area contributed by atoms with Crippen molar-refractivity contribution in [1.82, 2.24) is 0 Å². The molecule has 0 amide bonds. The van der Waals surface area contributed by atoms with Crippen molar-refractivity contribution in [2.45, 2.75) is 4.43 Å². The second kappa shape index (κ2) is 3.47. The molecule has 0 bridgehead atoms. The Morgan fingerprint density at radius 3 is 3.17 bits per heavy atom. The van der Waals surface area contributed by atoms with E-state index in [1.54, 1.807) is 0 Å². The minimum atomic E-state index is 0.705. The molecule has 1 heterocycles. The van der Waals surface area contributed by atoms with Crippen molar-refractivity contribution in [2.24, 2.45) is 0 Å². The Balaban J connectivity index is 2.44. The third-order valence-corrected chi connectivity index (χ3v) is 2.74. The highest BCUT2D eigenvalue weighted by Crippen LogP contribution is 2.25. The van der Waals surface area contributed by atoms with Crippen molar-refractivity contribution in [3.05, 3.63) is 35.4 Å². The zero-order valence-electron chi connectivity index (χ0n) is 6.59. The van der Waals surface area contributed by atoms with E-state index >= 15 is 0 Å². The highest BCUT2D eigenvalue weighted by Gasteiger charge is 2.04. The Labute approximate surface area is 85.6 Å². The second-order valence-electron chi connectivity index (χ2n) is 2.72. The Kier molecular flexibility index (Phi) is 2.35. The highest BCUT2D eigenvalue weighted by molar-refractivity contribution is 14.1. The molecule has 1 aliphatic rings. The molecular weight excluding hydrogens is 263 g/mol. The molecule has 1 aliphatic heterocycles. The van der Waals surface area contributed by atoms with Crippen molar-refractivity contribution in [3.63, 3.8) is 0 Å². The van der Waals surface area contributed by atoms with Crippen molar-refractivity contribution in [2.75, 3.05) is 6.61 Å². The van der Waals surface area contributed by atoms with Gasteiger partial charge in [-0.25, -0.2) is 0 Å². The minimum absolute atomic E-state index is 0.705. The van der Waals surface area contributed by atoms with E-state index in [1.807, 2.05) is 12.1 Å². The first kappa shape index (κ1) is 8.10. The van der Waals surface area contributed by atoms with Gasteiger partial charge in [-0.05, 0) is 23.8 Å². The van der Waals surface area contributed by atoms with Crippen LogP contribution in [-0.4, -0.2) is 6.61 Å². The van der Waals surface area contributed by atoms with Gasteiger partial charge in [0, 0.05) is 9.99 Å². The minimum Gasteiger partial charge on any atom is -0.489 e. The monoisotopic (exact) mass is 272 g/mol. The predicted octanol–water partition coefficient (Wildman–Crippen LogP) is 3.03. The summed E-state index contributed by atoms with van der Waals surface area (Å²) in [7, 11) is 0. The Hall–Kier alpha value is -0.510. The Bertz CT molecular complexity index is 318. The van der Waals surface area contributed by atoms with Crippen molar-refractivity contribution in [3.8, 4) is 5.75 Å². The average molecular weight is 272 g/mol. The molecular formula is C10H9IO. The van der Waals surface area contributed by atoms with Crippen LogP contribution < -0.4 is 4.74 Å². The van der Waals surface area contributed by atoms with Crippen LogP contribution in [0.1, 0.15) is 11.1 Å². The fourth-order valence-electron chi connectivity index (χ4n) is 1.26. The van der Waals surface area contributed by atoms with Gasteiger partial charge in [-0.3, -0.25) is 0 Å². The van der Waals surface area contributed by atoms with Crippen LogP contribution in [0.4, 0.5) is 0 Å². The highest BCUT2D eigenvalue weighted by atomic mass is 127. The molecule has 0 saturated heterocycles. The molecule has 12 heavy (non-hydrogen) atoms. The molecule has 2 rings (SSSR count). The SMILES string of the molecule is ICc1ccc2c(c1)C=CCO2. The van der Waals surface area contributed by atoms with Gasteiger partial charge in [0.25, 0.3) is 0 Å². The van der Waals surface area contributed by atoms with E-state index in [0.717, 1.165) is 10.2 Å².